The van der Waals surface area contributed by atoms with Gasteiger partial charge in [0.25, 0.3) is 5.89 Å². The van der Waals surface area contributed by atoms with E-state index in [-0.39, 0.29) is 0 Å². The normalized spacial score (nSPS) is 15.9. The summed E-state index contributed by atoms with van der Waals surface area (Å²) in [4.78, 5) is 15.0. The zero-order valence-corrected chi connectivity index (χ0v) is 13.3. The van der Waals surface area contributed by atoms with Gasteiger partial charge in [0, 0.05) is 19.0 Å². The van der Waals surface area contributed by atoms with Crippen LogP contribution in [0, 0.1) is 17.2 Å². The molecule has 6 nitrogen and oxygen atoms in total. The first-order chi connectivity index (χ1) is 10.7. The SMILES string of the molecule is C[C@@H](C1CC1)N(CCC#N)Cn1nc(-c2cccs2)oc1=O. The molecule has 0 spiro atoms. The van der Waals surface area contributed by atoms with E-state index >= 15 is 0 Å². The highest BCUT2D eigenvalue weighted by molar-refractivity contribution is 7.13. The molecule has 116 valence electrons. The Labute approximate surface area is 132 Å². The molecule has 0 saturated heterocycles. The van der Waals surface area contributed by atoms with E-state index in [9.17, 15) is 4.79 Å². The first-order valence-corrected chi connectivity index (χ1v) is 8.30. The predicted octanol–water partition coefficient (Wildman–Crippen LogP) is 2.54. The molecule has 3 rings (SSSR count). The fourth-order valence-corrected chi connectivity index (χ4v) is 3.19. The molecule has 1 aliphatic carbocycles. The summed E-state index contributed by atoms with van der Waals surface area (Å²) in [5.74, 6) is 0.575. The maximum atomic E-state index is 12.0. The van der Waals surface area contributed by atoms with E-state index in [4.69, 9.17) is 9.68 Å². The summed E-state index contributed by atoms with van der Waals surface area (Å²) >= 11 is 1.49. The van der Waals surface area contributed by atoms with Crippen LogP contribution < -0.4 is 5.76 Å². The standard InChI is InChI=1S/C15H18N4O2S/c1-11(12-5-6-12)18(8-3-7-16)10-19-15(20)21-14(17-19)13-4-2-9-22-13/h2,4,9,11-12H,3,5-6,8,10H2,1H3/t11-/m0/s1. The van der Waals surface area contributed by atoms with Crippen LogP contribution >= 0.6 is 11.3 Å². The number of thiophene rings is 1. The van der Waals surface area contributed by atoms with Crippen LogP contribution in [-0.2, 0) is 6.67 Å². The lowest BCUT2D eigenvalue weighted by molar-refractivity contribution is 0.137. The van der Waals surface area contributed by atoms with Gasteiger partial charge in [0.05, 0.1) is 10.9 Å². The zero-order chi connectivity index (χ0) is 15.5. The molecule has 7 heteroatoms. The molecular formula is C15H18N4O2S. The summed E-state index contributed by atoms with van der Waals surface area (Å²) in [6, 6.07) is 6.29. The minimum Gasteiger partial charge on any atom is -0.387 e. The van der Waals surface area contributed by atoms with Crippen LogP contribution in [0.1, 0.15) is 26.2 Å². The van der Waals surface area contributed by atoms with Crippen molar-refractivity contribution in [2.45, 2.75) is 38.9 Å². The van der Waals surface area contributed by atoms with Crippen LogP contribution in [0.4, 0.5) is 0 Å². The Bertz CT molecular complexity index is 709. The molecule has 0 N–H and O–H groups in total. The quantitative estimate of drug-likeness (QED) is 0.784. The Morgan fingerprint density at radius 2 is 2.45 bits per heavy atom. The van der Waals surface area contributed by atoms with Gasteiger partial charge in [-0.1, -0.05) is 6.07 Å². The van der Waals surface area contributed by atoms with Gasteiger partial charge < -0.3 is 4.42 Å². The fourth-order valence-electron chi connectivity index (χ4n) is 2.54. The van der Waals surface area contributed by atoms with Gasteiger partial charge in [0.1, 0.15) is 6.67 Å². The Kier molecular flexibility index (Phi) is 4.41. The van der Waals surface area contributed by atoms with E-state index in [1.54, 1.807) is 0 Å². The van der Waals surface area contributed by atoms with Crippen LogP contribution in [0.2, 0.25) is 0 Å². The van der Waals surface area contributed by atoms with Crippen molar-refractivity contribution < 1.29 is 4.42 Å². The average molecular weight is 318 g/mol. The molecule has 1 saturated carbocycles. The average Bonchev–Trinajstić information content (AvgIpc) is 3.09. The minimum absolute atomic E-state index is 0.349. The molecule has 2 heterocycles. The molecule has 0 radical (unpaired) electrons. The summed E-state index contributed by atoms with van der Waals surface area (Å²) in [6.07, 6.45) is 2.89. The number of nitrogens with zero attached hydrogens (tertiary/aromatic N) is 4. The molecule has 0 unspecified atom stereocenters. The van der Waals surface area contributed by atoms with Gasteiger partial charge in [-0.05, 0) is 37.1 Å². The minimum atomic E-state index is -0.451. The van der Waals surface area contributed by atoms with Gasteiger partial charge in [-0.2, -0.15) is 9.94 Å². The van der Waals surface area contributed by atoms with E-state index in [0.29, 0.717) is 37.5 Å². The lowest BCUT2D eigenvalue weighted by atomic mass is 10.2. The fraction of sp³-hybridized carbons (Fsp3) is 0.533. The molecule has 0 aromatic carbocycles. The Hall–Kier alpha value is -1.91. The first kappa shape index (κ1) is 15.0. The van der Waals surface area contributed by atoms with Gasteiger partial charge in [-0.3, -0.25) is 4.90 Å². The molecule has 2 aromatic rings. The van der Waals surface area contributed by atoms with Crippen molar-refractivity contribution in [1.82, 2.24) is 14.7 Å². The first-order valence-electron chi connectivity index (χ1n) is 7.42. The van der Waals surface area contributed by atoms with E-state index < -0.39 is 5.76 Å². The second-order valence-corrected chi connectivity index (χ2v) is 6.54. The topological polar surface area (TPSA) is 75.1 Å². The van der Waals surface area contributed by atoms with Crippen LogP contribution in [0.15, 0.2) is 26.7 Å². The van der Waals surface area contributed by atoms with Crippen LogP contribution in [0.5, 0.6) is 0 Å². The van der Waals surface area contributed by atoms with Crippen molar-refractivity contribution in [3.63, 3.8) is 0 Å². The third-order valence-corrected chi connectivity index (χ3v) is 4.90. The summed E-state index contributed by atoms with van der Waals surface area (Å²) < 4.78 is 6.59. The van der Waals surface area contributed by atoms with Crippen molar-refractivity contribution in [2.75, 3.05) is 6.54 Å². The van der Waals surface area contributed by atoms with Crippen LogP contribution in [0.25, 0.3) is 10.8 Å². The van der Waals surface area contributed by atoms with Crippen molar-refractivity contribution in [1.29, 1.82) is 5.26 Å². The summed E-state index contributed by atoms with van der Waals surface area (Å²) in [5.41, 5.74) is 0. The molecule has 22 heavy (non-hydrogen) atoms. The van der Waals surface area contributed by atoms with Gasteiger partial charge >= 0.3 is 5.76 Å². The number of rotatable bonds is 7. The van der Waals surface area contributed by atoms with Crippen LogP contribution in [0.3, 0.4) is 0 Å². The van der Waals surface area contributed by atoms with Crippen molar-refractivity contribution >= 4 is 11.3 Å². The summed E-state index contributed by atoms with van der Waals surface area (Å²) in [6.45, 7) is 3.16. The van der Waals surface area contributed by atoms with Crippen molar-refractivity contribution in [2.24, 2.45) is 5.92 Å². The predicted molar refractivity (Wildman–Crippen MR) is 83.2 cm³/mol. The monoisotopic (exact) mass is 318 g/mol. The Morgan fingerprint density at radius 1 is 1.64 bits per heavy atom. The van der Waals surface area contributed by atoms with E-state index in [1.807, 2.05) is 17.5 Å². The summed E-state index contributed by atoms with van der Waals surface area (Å²) in [7, 11) is 0. The second kappa shape index (κ2) is 6.46. The van der Waals surface area contributed by atoms with E-state index in [1.165, 1.54) is 28.9 Å². The molecule has 0 bridgehead atoms. The highest BCUT2D eigenvalue weighted by atomic mass is 32.1. The van der Waals surface area contributed by atoms with Crippen LogP contribution in [-0.4, -0.2) is 27.3 Å². The largest absolute Gasteiger partial charge is 0.438 e. The molecular weight excluding hydrogens is 300 g/mol. The second-order valence-electron chi connectivity index (χ2n) is 5.59. The van der Waals surface area contributed by atoms with E-state index in [0.717, 1.165) is 4.88 Å². The number of hydrogen-bond donors (Lipinski definition) is 0. The lowest BCUT2D eigenvalue weighted by Crippen LogP contribution is -2.39. The highest BCUT2D eigenvalue weighted by Gasteiger charge is 2.32. The molecule has 0 aliphatic heterocycles. The molecule has 0 amide bonds. The Morgan fingerprint density at radius 3 is 3.09 bits per heavy atom. The molecule has 1 atom stereocenters. The van der Waals surface area contributed by atoms with Gasteiger partial charge in [-0.15, -0.1) is 16.4 Å². The molecule has 1 aliphatic rings. The maximum Gasteiger partial charge on any atom is 0.438 e. The van der Waals surface area contributed by atoms with Gasteiger partial charge in [-0.25, -0.2) is 4.79 Å². The van der Waals surface area contributed by atoms with Crippen molar-refractivity contribution in [3.05, 3.63) is 28.1 Å². The Balaban J connectivity index is 1.77. The third kappa shape index (κ3) is 3.29. The summed E-state index contributed by atoms with van der Waals surface area (Å²) in [5, 5.41) is 15.0. The highest BCUT2D eigenvalue weighted by Crippen LogP contribution is 2.35. The molecule has 2 aromatic heterocycles. The number of aromatic nitrogens is 2. The zero-order valence-electron chi connectivity index (χ0n) is 12.4. The third-order valence-electron chi connectivity index (χ3n) is 4.04. The number of nitriles is 1. The van der Waals surface area contributed by atoms with Crippen molar-refractivity contribution in [3.8, 4) is 16.8 Å². The smallest absolute Gasteiger partial charge is 0.387 e. The van der Waals surface area contributed by atoms with Gasteiger partial charge in [0.2, 0.25) is 0 Å². The molecule has 1 fully saturated rings. The van der Waals surface area contributed by atoms with E-state index in [2.05, 4.69) is 23.0 Å². The lowest BCUT2D eigenvalue weighted by Gasteiger charge is -2.27. The van der Waals surface area contributed by atoms with Gasteiger partial charge in [0.15, 0.2) is 0 Å². The number of hydrogen-bond acceptors (Lipinski definition) is 6. The maximum absolute atomic E-state index is 12.0.